The average molecular weight is 232 g/mol. The Balaban J connectivity index is 1.78. The van der Waals surface area contributed by atoms with Crippen molar-refractivity contribution in [2.75, 3.05) is 26.2 Å². The number of nitrogens with zero attached hydrogens (tertiary/aromatic N) is 2. The summed E-state index contributed by atoms with van der Waals surface area (Å²) in [7, 11) is 0. The zero-order valence-corrected chi connectivity index (χ0v) is 10.5. The minimum absolute atomic E-state index is 0.0207. The largest absolute Gasteiger partial charge is 0.298 e. The maximum atomic E-state index is 12.8. The molecular formula is C12H22F2N2. The Labute approximate surface area is 96.6 Å². The highest BCUT2D eigenvalue weighted by atomic mass is 19.3. The van der Waals surface area contributed by atoms with Crippen LogP contribution in [0, 0.1) is 0 Å². The van der Waals surface area contributed by atoms with E-state index in [9.17, 15) is 8.78 Å². The Morgan fingerprint density at radius 3 is 1.94 bits per heavy atom. The molecule has 0 N–H and O–H groups in total. The van der Waals surface area contributed by atoms with Gasteiger partial charge in [-0.25, -0.2) is 8.78 Å². The molecule has 0 aromatic rings. The van der Waals surface area contributed by atoms with Gasteiger partial charge in [0.25, 0.3) is 5.92 Å². The zero-order valence-electron chi connectivity index (χ0n) is 10.5. The summed E-state index contributed by atoms with van der Waals surface area (Å²) in [6, 6.07) is 0.387. The van der Waals surface area contributed by atoms with Gasteiger partial charge in [-0.2, -0.15) is 0 Å². The maximum absolute atomic E-state index is 12.8. The molecule has 2 fully saturated rings. The van der Waals surface area contributed by atoms with E-state index in [-0.39, 0.29) is 18.6 Å². The smallest absolute Gasteiger partial charge is 0.272 e. The van der Waals surface area contributed by atoms with E-state index in [4.69, 9.17) is 0 Å². The van der Waals surface area contributed by atoms with E-state index in [1.54, 1.807) is 0 Å². The van der Waals surface area contributed by atoms with Gasteiger partial charge in [-0.15, -0.1) is 0 Å². The molecule has 0 aliphatic carbocycles. The second-order valence-corrected chi connectivity index (χ2v) is 6.15. The van der Waals surface area contributed by atoms with Crippen LogP contribution in [0.25, 0.3) is 0 Å². The standard InChI is InChI=1S/C12H22F2N2/c1-11(2,3)16-6-4-10(5-7-16)15-8-12(13,14)9-15/h10H,4-9H2,1-3H3. The van der Waals surface area contributed by atoms with Crippen LogP contribution in [0.5, 0.6) is 0 Å². The summed E-state index contributed by atoms with van der Waals surface area (Å²) in [4.78, 5) is 4.39. The summed E-state index contributed by atoms with van der Waals surface area (Å²) >= 11 is 0. The van der Waals surface area contributed by atoms with Crippen LogP contribution in [0.15, 0.2) is 0 Å². The lowest BCUT2D eigenvalue weighted by Crippen LogP contribution is -2.62. The third-order valence-electron chi connectivity index (χ3n) is 3.80. The molecule has 2 heterocycles. The summed E-state index contributed by atoms with van der Waals surface area (Å²) in [6.45, 7) is 8.67. The van der Waals surface area contributed by atoms with Crippen molar-refractivity contribution in [1.82, 2.24) is 9.80 Å². The number of hydrogen-bond donors (Lipinski definition) is 0. The second-order valence-electron chi connectivity index (χ2n) is 6.15. The van der Waals surface area contributed by atoms with E-state index < -0.39 is 5.92 Å². The van der Waals surface area contributed by atoms with Crippen molar-refractivity contribution in [1.29, 1.82) is 0 Å². The lowest BCUT2D eigenvalue weighted by Gasteiger charge is -2.48. The highest BCUT2D eigenvalue weighted by Gasteiger charge is 2.47. The van der Waals surface area contributed by atoms with Crippen molar-refractivity contribution in [3.8, 4) is 0 Å². The number of halogens is 2. The van der Waals surface area contributed by atoms with E-state index in [0.717, 1.165) is 25.9 Å². The van der Waals surface area contributed by atoms with Crippen molar-refractivity contribution in [2.45, 2.75) is 51.1 Å². The minimum atomic E-state index is -2.42. The molecule has 2 saturated heterocycles. The van der Waals surface area contributed by atoms with Crippen LogP contribution in [0.3, 0.4) is 0 Å². The van der Waals surface area contributed by atoms with E-state index in [0.29, 0.717) is 6.04 Å². The molecule has 0 aromatic carbocycles. The maximum Gasteiger partial charge on any atom is 0.272 e. The van der Waals surface area contributed by atoms with Crippen molar-refractivity contribution >= 4 is 0 Å². The van der Waals surface area contributed by atoms with E-state index >= 15 is 0 Å². The molecule has 0 saturated carbocycles. The van der Waals surface area contributed by atoms with Gasteiger partial charge in [-0.1, -0.05) is 0 Å². The molecule has 0 atom stereocenters. The van der Waals surface area contributed by atoms with Gasteiger partial charge in [0.2, 0.25) is 0 Å². The molecule has 2 aliphatic heterocycles. The third-order valence-corrected chi connectivity index (χ3v) is 3.80. The van der Waals surface area contributed by atoms with Gasteiger partial charge in [0, 0.05) is 24.7 Å². The summed E-state index contributed by atoms with van der Waals surface area (Å²) in [5.74, 6) is -2.42. The second kappa shape index (κ2) is 3.91. The molecule has 0 amide bonds. The van der Waals surface area contributed by atoms with Gasteiger partial charge < -0.3 is 0 Å². The molecular weight excluding hydrogens is 210 g/mol. The van der Waals surface area contributed by atoms with Crippen LogP contribution in [-0.4, -0.2) is 53.5 Å². The first kappa shape index (κ1) is 12.2. The number of likely N-dealkylation sites (tertiary alicyclic amines) is 2. The van der Waals surface area contributed by atoms with Gasteiger partial charge in [0.05, 0.1) is 13.1 Å². The van der Waals surface area contributed by atoms with Crippen molar-refractivity contribution in [3.63, 3.8) is 0 Å². The molecule has 0 spiro atoms. The SMILES string of the molecule is CC(C)(C)N1CCC(N2CC(F)(F)C2)CC1. The van der Waals surface area contributed by atoms with Gasteiger partial charge in [-0.3, -0.25) is 9.80 Å². The van der Waals surface area contributed by atoms with Gasteiger partial charge >= 0.3 is 0 Å². The summed E-state index contributed by atoms with van der Waals surface area (Å²) in [5.41, 5.74) is 0.212. The fourth-order valence-corrected chi connectivity index (χ4v) is 2.71. The highest BCUT2D eigenvalue weighted by Crippen LogP contribution is 2.32. The quantitative estimate of drug-likeness (QED) is 0.684. The van der Waals surface area contributed by atoms with E-state index in [2.05, 4.69) is 25.7 Å². The molecule has 2 nitrogen and oxygen atoms in total. The topological polar surface area (TPSA) is 6.48 Å². The third kappa shape index (κ3) is 2.54. The van der Waals surface area contributed by atoms with Crippen molar-refractivity contribution < 1.29 is 8.78 Å². The molecule has 2 rings (SSSR count). The Morgan fingerprint density at radius 2 is 1.56 bits per heavy atom. The Hall–Kier alpha value is -0.220. The fourth-order valence-electron chi connectivity index (χ4n) is 2.71. The molecule has 16 heavy (non-hydrogen) atoms. The predicted molar refractivity (Wildman–Crippen MR) is 60.9 cm³/mol. The molecule has 0 bridgehead atoms. The Bertz CT molecular complexity index is 244. The predicted octanol–water partition coefficient (Wildman–Crippen LogP) is 2.20. The molecule has 0 unspecified atom stereocenters. The van der Waals surface area contributed by atoms with Crippen LogP contribution < -0.4 is 0 Å². The molecule has 2 aliphatic rings. The fraction of sp³-hybridized carbons (Fsp3) is 1.00. The number of rotatable bonds is 1. The van der Waals surface area contributed by atoms with Crippen LogP contribution in [-0.2, 0) is 0 Å². The number of alkyl halides is 2. The zero-order chi connectivity index (χ0) is 12.0. The van der Waals surface area contributed by atoms with Crippen LogP contribution in [0.1, 0.15) is 33.6 Å². The van der Waals surface area contributed by atoms with Gasteiger partial charge in [0.15, 0.2) is 0 Å². The Morgan fingerprint density at radius 1 is 1.06 bits per heavy atom. The van der Waals surface area contributed by atoms with Crippen molar-refractivity contribution in [3.05, 3.63) is 0 Å². The lowest BCUT2D eigenvalue weighted by molar-refractivity contribution is -0.152. The average Bonchev–Trinajstić information content (AvgIpc) is 2.13. The summed E-state index contributed by atoms with van der Waals surface area (Å²) < 4.78 is 25.5. The summed E-state index contributed by atoms with van der Waals surface area (Å²) in [6.07, 6.45) is 2.07. The van der Waals surface area contributed by atoms with E-state index in [1.807, 2.05) is 4.90 Å². The molecule has 4 heteroatoms. The van der Waals surface area contributed by atoms with Gasteiger partial charge in [-0.05, 0) is 33.6 Å². The van der Waals surface area contributed by atoms with Gasteiger partial charge in [0.1, 0.15) is 0 Å². The molecule has 0 radical (unpaired) electrons. The minimum Gasteiger partial charge on any atom is -0.298 e. The normalized spacial score (nSPS) is 29.1. The first-order valence-corrected chi connectivity index (χ1v) is 6.15. The first-order chi connectivity index (χ1) is 7.28. The molecule has 94 valence electrons. The number of piperidine rings is 1. The number of hydrogen-bond acceptors (Lipinski definition) is 2. The Kier molecular flexibility index (Phi) is 2.99. The van der Waals surface area contributed by atoms with Crippen LogP contribution in [0.2, 0.25) is 0 Å². The lowest BCUT2D eigenvalue weighted by atomic mass is 9.94. The van der Waals surface area contributed by atoms with Crippen LogP contribution >= 0.6 is 0 Å². The summed E-state index contributed by atoms with van der Waals surface area (Å²) in [5, 5.41) is 0. The molecule has 0 aromatic heterocycles. The van der Waals surface area contributed by atoms with E-state index in [1.165, 1.54) is 0 Å². The first-order valence-electron chi connectivity index (χ1n) is 6.15. The monoisotopic (exact) mass is 232 g/mol. The van der Waals surface area contributed by atoms with Crippen molar-refractivity contribution in [2.24, 2.45) is 0 Å². The highest BCUT2D eigenvalue weighted by molar-refractivity contribution is 4.94. The van der Waals surface area contributed by atoms with Crippen LogP contribution in [0.4, 0.5) is 8.78 Å².